The highest BCUT2D eigenvalue weighted by Gasteiger charge is 2.48. The molecule has 4 rings (SSSR count). The third-order valence-electron chi connectivity index (χ3n) is 6.98. The van der Waals surface area contributed by atoms with Crippen molar-refractivity contribution in [2.75, 3.05) is 30.4 Å². The molecule has 0 bridgehead atoms. The fraction of sp³-hybridized carbons (Fsp3) is 0.667. The summed E-state index contributed by atoms with van der Waals surface area (Å²) in [5, 5.41) is 17.6. The molecule has 2 aliphatic carbocycles. The van der Waals surface area contributed by atoms with Crippen molar-refractivity contribution < 1.29 is 9.72 Å². The number of hydrogen-bond donors (Lipinski definition) is 2. The van der Waals surface area contributed by atoms with Crippen LogP contribution in [0.25, 0.3) is 0 Å². The van der Waals surface area contributed by atoms with Gasteiger partial charge in [-0.05, 0) is 50.5 Å². The van der Waals surface area contributed by atoms with E-state index in [0.29, 0.717) is 22.6 Å². The number of carbonyl (C=O) groups excluding carboxylic acids is 1. The molecule has 0 atom stereocenters. The number of nitrogens with one attached hydrogen (secondary N) is 2. The maximum atomic E-state index is 13.1. The van der Waals surface area contributed by atoms with Crippen molar-refractivity contribution in [1.29, 1.82) is 0 Å². The van der Waals surface area contributed by atoms with E-state index in [-0.39, 0.29) is 17.6 Å². The Hall–Kier alpha value is -2.31. The van der Waals surface area contributed by atoms with Crippen LogP contribution in [0.2, 0.25) is 0 Å². The minimum absolute atomic E-state index is 0.0486. The highest BCUT2D eigenvalue weighted by molar-refractivity contribution is 6.02. The lowest BCUT2D eigenvalue weighted by Crippen LogP contribution is -2.60. The Labute approximate surface area is 166 Å². The van der Waals surface area contributed by atoms with E-state index in [1.54, 1.807) is 13.1 Å². The van der Waals surface area contributed by atoms with E-state index in [0.717, 1.165) is 44.5 Å². The van der Waals surface area contributed by atoms with Crippen LogP contribution in [0.1, 0.15) is 62.2 Å². The zero-order chi connectivity index (χ0) is 19.9. The van der Waals surface area contributed by atoms with Crippen LogP contribution in [0.5, 0.6) is 0 Å². The summed E-state index contributed by atoms with van der Waals surface area (Å²) in [5.41, 5.74) is 2.06. The second-order valence-corrected chi connectivity index (χ2v) is 9.03. The van der Waals surface area contributed by atoms with Gasteiger partial charge in [-0.25, -0.2) is 0 Å². The molecule has 1 saturated heterocycles. The van der Waals surface area contributed by atoms with Crippen molar-refractivity contribution >= 4 is 23.0 Å². The van der Waals surface area contributed by atoms with Crippen LogP contribution in [0.4, 0.5) is 17.1 Å². The van der Waals surface area contributed by atoms with Crippen LogP contribution in [-0.2, 0) is 0 Å². The Kier molecular flexibility index (Phi) is 4.93. The average molecular weight is 386 g/mol. The molecule has 1 aromatic carbocycles. The summed E-state index contributed by atoms with van der Waals surface area (Å²) in [6, 6.07) is 3.39. The van der Waals surface area contributed by atoms with Crippen LogP contribution in [0.15, 0.2) is 12.1 Å². The van der Waals surface area contributed by atoms with Crippen molar-refractivity contribution in [1.82, 2.24) is 5.32 Å². The number of rotatable bonds is 5. The van der Waals surface area contributed by atoms with E-state index < -0.39 is 4.92 Å². The van der Waals surface area contributed by atoms with Gasteiger partial charge < -0.3 is 15.5 Å². The minimum Gasteiger partial charge on any atom is -0.383 e. The molecule has 3 fully saturated rings. The molecule has 2 N–H and O–H groups in total. The first kappa shape index (κ1) is 19.0. The second kappa shape index (κ2) is 7.26. The predicted octanol–water partition coefficient (Wildman–Crippen LogP) is 3.94. The topological polar surface area (TPSA) is 87.5 Å². The lowest BCUT2D eigenvalue weighted by Gasteiger charge is -2.57. The monoisotopic (exact) mass is 386 g/mol. The first-order chi connectivity index (χ1) is 13.4. The maximum absolute atomic E-state index is 13.1. The number of nitro benzene ring substituents is 1. The van der Waals surface area contributed by atoms with Crippen LogP contribution in [0, 0.1) is 21.4 Å². The van der Waals surface area contributed by atoms with Gasteiger partial charge >= 0.3 is 0 Å². The van der Waals surface area contributed by atoms with E-state index in [9.17, 15) is 14.9 Å². The summed E-state index contributed by atoms with van der Waals surface area (Å²) < 4.78 is 0. The molecular formula is C21H30N4O3. The van der Waals surface area contributed by atoms with Crippen molar-refractivity contribution in [3.05, 3.63) is 27.8 Å². The first-order valence-corrected chi connectivity index (χ1v) is 10.5. The standard InChI is InChI=1S/C21H30N4O3/c1-14-4-6-15(7-5-14)23-20(26)16-10-19(25(27)28)17(22-2)11-18(16)24-12-21(13-24)8-3-9-21/h10-11,14-15,22H,3-9,12-13H2,1-2H3,(H,23,26). The molecule has 0 aromatic heterocycles. The normalized spacial score (nSPS) is 25.6. The molecular weight excluding hydrogens is 356 g/mol. The van der Waals surface area contributed by atoms with E-state index in [1.165, 1.54) is 25.3 Å². The number of hydrogen-bond acceptors (Lipinski definition) is 5. The lowest BCUT2D eigenvalue weighted by atomic mass is 9.63. The van der Waals surface area contributed by atoms with Gasteiger partial charge in [-0.2, -0.15) is 0 Å². The number of benzene rings is 1. The third-order valence-corrected chi connectivity index (χ3v) is 6.98. The predicted molar refractivity (Wildman–Crippen MR) is 110 cm³/mol. The summed E-state index contributed by atoms with van der Waals surface area (Å²) in [4.78, 5) is 26.4. The summed E-state index contributed by atoms with van der Waals surface area (Å²) in [6.45, 7) is 4.13. The van der Waals surface area contributed by atoms with Gasteiger partial charge in [0.25, 0.3) is 11.6 Å². The number of nitrogens with zero attached hydrogens (tertiary/aromatic N) is 2. The zero-order valence-corrected chi connectivity index (χ0v) is 16.8. The molecule has 28 heavy (non-hydrogen) atoms. The molecule has 7 heteroatoms. The Morgan fingerprint density at radius 1 is 1.21 bits per heavy atom. The SMILES string of the molecule is CNc1cc(N2CC3(CCC3)C2)c(C(=O)NC2CCC(C)CC2)cc1[N+](=O)[O-]. The van der Waals surface area contributed by atoms with E-state index in [1.807, 2.05) is 0 Å². The molecule has 152 valence electrons. The Morgan fingerprint density at radius 3 is 2.43 bits per heavy atom. The molecule has 1 spiro atoms. The summed E-state index contributed by atoms with van der Waals surface area (Å²) in [7, 11) is 1.68. The van der Waals surface area contributed by atoms with Crippen molar-refractivity contribution in [3.8, 4) is 0 Å². The Bertz CT molecular complexity index is 774. The van der Waals surface area contributed by atoms with Gasteiger partial charge in [0.05, 0.1) is 16.2 Å². The molecule has 2 saturated carbocycles. The van der Waals surface area contributed by atoms with Gasteiger partial charge in [-0.1, -0.05) is 13.3 Å². The van der Waals surface area contributed by atoms with Gasteiger partial charge in [0.1, 0.15) is 5.69 Å². The minimum atomic E-state index is -0.418. The van der Waals surface area contributed by atoms with Crippen molar-refractivity contribution in [3.63, 3.8) is 0 Å². The lowest BCUT2D eigenvalue weighted by molar-refractivity contribution is -0.384. The number of carbonyl (C=O) groups is 1. The summed E-state index contributed by atoms with van der Waals surface area (Å²) in [5.74, 6) is 0.523. The van der Waals surface area contributed by atoms with Crippen molar-refractivity contribution in [2.45, 2.75) is 57.9 Å². The molecule has 1 heterocycles. The zero-order valence-electron chi connectivity index (χ0n) is 16.8. The van der Waals surface area contributed by atoms with Gasteiger partial charge in [0.15, 0.2) is 0 Å². The molecule has 1 aliphatic heterocycles. The molecule has 1 amide bonds. The fourth-order valence-corrected chi connectivity index (χ4v) is 4.97. The number of nitro groups is 1. The molecule has 7 nitrogen and oxygen atoms in total. The third kappa shape index (κ3) is 3.42. The van der Waals surface area contributed by atoms with Gasteiger partial charge in [0.2, 0.25) is 0 Å². The summed E-state index contributed by atoms with van der Waals surface area (Å²) in [6.07, 6.45) is 7.96. The van der Waals surface area contributed by atoms with Crippen molar-refractivity contribution in [2.24, 2.45) is 11.3 Å². The first-order valence-electron chi connectivity index (χ1n) is 10.5. The highest BCUT2D eigenvalue weighted by atomic mass is 16.6. The van der Waals surface area contributed by atoms with E-state index >= 15 is 0 Å². The Balaban J connectivity index is 1.60. The quantitative estimate of drug-likeness (QED) is 0.591. The van der Waals surface area contributed by atoms with Crippen LogP contribution in [0.3, 0.4) is 0 Å². The fourth-order valence-electron chi connectivity index (χ4n) is 4.97. The molecule has 3 aliphatic rings. The van der Waals surface area contributed by atoms with Gasteiger partial charge in [-0.3, -0.25) is 14.9 Å². The molecule has 0 radical (unpaired) electrons. The van der Waals surface area contributed by atoms with E-state index in [4.69, 9.17) is 0 Å². The second-order valence-electron chi connectivity index (χ2n) is 9.03. The molecule has 1 aromatic rings. The van der Waals surface area contributed by atoms with E-state index in [2.05, 4.69) is 22.5 Å². The maximum Gasteiger partial charge on any atom is 0.293 e. The van der Waals surface area contributed by atoms with Gasteiger partial charge in [-0.15, -0.1) is 0 Å². The van der Waals surface area contributed by atoms with Crippen LogP contribution >= 0.6 is 0 Å². The largest absolute Gasteiger partial charge is 0.383 e. The smallest absolute Gasteiger partial charge is 0.293 e. The van der Waals surface area contributed by atoms with Gasteiger partial charge in [0, 0.05) is 37.7 Å². The van der Waals surface area contributed by atoms with Crippen LogP contribution < -0.4 is 15.5 Å². The average Bonchev–Trinajstić information content (AvgIpc) is 2.60. The Morgan fingerprint density at radius 2 is 1.89 bits per heavy atom. The summed E-state index contributed by atoms with van der Waals surface area (Å²) >= 11 is 0. The van der Waals surface area contributed by atoms with Crippen LogP contribution in [-0.4, -0.2) is 37.0 Å². The molecule has 0 unspecified atom stereocenters. The number of anilines is 2. The highest BCUT2D eigenvalue weighted by Crippen LogP contribution is 2.50. The number of amides is 1.